The highest BCUT2D eigenvalue weighted by Gasteiger charge is 2.14. The second-order valence-electron chi connectivity index (χ2n) is 6.70. The summed E-state index contributed by atoms with van der Waals surface area (Å²) in [7, 11) is 0. The zero-order valence-electron chi connectivity index (χ0n) is 18.6. The molecular formula is C24H29FO7. The molecule has 174 valence electrons. The van der Waals surface area contributed by atoms with E-state index in [1.54, 1.807) is 44.2 Å². The van der Waals surface area contributed by atoms with Gasteiger partial charge in [0, 0.05) is 0 Å². The lowest BCUT2D eigenvalue weighted by Gasteiger charge is -2.14. The van der Waals surface area contributed by atoms with Gasteiger partial charge in [0.1, 0.15) is 0 Å². The fourth-order valence-electron chi connectivity index (χ4n) is 2.72. The van der Waals surface area contributed by atoms with Crippen molar-refractivity contribution in [1.29, 1.82) is 0 Å². The maximum absolute atomic E-state index is 14.5. The molecule has 0 radical (unpaired) electrons. The lowest BCUT2D eigenvalue weighted by molar-refractivity contribution is -0.146. The molecule has 2 aromatic rings. The van der Waals surface area contributed by atoms with E-state index in [4.69, 9.17) is 23.7 Å². The maximum Gasteiger partial charge on any atom is 0.344 e. The van der Waals surface area contributed by atoms with Gasteiger partial charge >= 0.3 is 11.9 Å². The average Bonchev–Trinajstić information content (AvgIpc) is 2.78. The molecule has 0 amide bonds. The molecule has 2 rings (SSSR count). The fourth-order valence-corrected chi connectivity index (χ4v) is 2.72. The Kier molecular flexibility index (Phi) is 10.3. The molecule has 0 aliphatic carbocycles. The Hall–Kier alpha value is -3.29. The fraction of sp³-hybridized carbons (Fsp3) is 0.417. The number of hydrogen-bond acceptors (Lipinski definition) is 7. The van der Waals surface area contributed by atoms with Gasteiger partial charge in [-0.3, -0.25) is 0 Å². The van der Waals surface area contributed by atoms with Crippen LogP contribution in [-0.4, -0.2) is 45.0 Å². The van der Waals surface area contributed by atoms with Crippen molar-refractivity contribution in [2.45, 2.75) is 33.6 Å². The standard InChI is InChI=1S/C24H29FO7/c1-4-7-12-30-20-10-8-17(13-19(20)25)18-9-11-21(31-15-23(26)28-5-2)22(14-18)32-16-24(27)29-6-3/h8-11,13-14H,4-7,12,15-16H2,1-3H3. The molecular weight excluding hydrogens is 419 g/mol. The molecule has 8 heteroatoms. The highest BCUT2D eigenvalue weighted by molar-refractivity contribution is 5.73. The van der Waals surface area contributed by atoms with Crippen LogP contribution >= 0.6 is 0 Å². The number of benzene rings is 2. The summed E-state index contributed by atoms with van der Waals surface area (Å²) in [4.78, 5) is 23.3. The predicted octanol–water partition coefficient (Wildman–Crippen LogP) is 4.56. The van der Waals surface area contributed by atoms with Crippen LogP contribution in [0.3, 0.4) is 0 Å². The first-order chi connectivity index (χ1) is 15.5. The highest BCUT2D eigenvalue weighted by atomic mass is 19.1. The first kappa shape index (κ1) is 25.0. The normalized spacial score (nSPS) is 10.4. The van der Waals surface area contributed by atoms with Crippen molar-refractivity contribution in [2.75, 3.05) is 33.0 Å². The van der Waals surface area contributed by atoms with Crippen molar-refractivity contribution in [3.8, 4) is 28.4 Å². The molecule has 0 spiro atoms. The monoisotopic (exact) mass is 448 g/mol. The van der Waals surface area contributed by atoms with E-state index in [-0.39, 0.29) is 43.7 Å². The van der Waals surface area contributed by atoms with Crippen LogP contribution in [0.1, 0.15) is 33.6 Å². The highest BCUT2D eigenvalue weighted by Crippen LogP contribution is 2.34. The lowest BCUT2D eigenvalue weighted by Crippen LogP contribution is -2.17. The van der Waals surface area contributed by atoms with Gasteiger partial charge in [-0.15, -0.1) is 0 Å². The minimum absolute atomic E-state index is 0.190. The van der Waals surface area contributed by atoms with Crippen LogP contribution in [0.5, 0.6) is 17.2 Å². The molecule has 0 saturated carbocycles. The molecule has 2 aromatic carbocycles. The summed E-state index contributed by atoms with van der Waals surface area (Å²) in [5.74, 6) is -0.914. The van der Waals surface area contributed by atoms with Gasteiger partial charge in [0.25, 0.3) is 0 Å². The number of rotatable bonds is 13. The second-order valence-corrected chi connectivity index (χ2v) is 6.70. The number of hydrogen-bond donors (Lipinski definition) is 0. The number of unbranched alkanes of at least 4 members (excludes halogenated alkanes) is 1. The van der Waals surface area contributed by atoms with Gasteiger partial charge < -0.3 is 23.7 Å². The van der Waals surface area contributed by atoms with Crippen LogP contribution in [0.25, 0.3) is 11.1 Å². The minimum atomic E-state index is -0.547. The van der Waals surface area contributed by atoms with Gasteiger partial charge in [-0.25, -0.2) is 14.0 Å². The van der Waals surface area contributed by atoms with Crippen molar-refractivity contribution in [1.82, 2.24) is 0 Å². The van der Waals surface area contributed by atoms with Gasteiger partial charge in [-0.2, -0.15) is 0 Å². The number of carbonyl (C=O) groups excluding carboxylic acids is 2. The molecule has 0 fully saturated rings. The summed E-state index contributed by atoms with van der Waals surface area (Å²) in [5, 5.41) is 0. The van der Waals surface area contributed by atoms with Crippen molar-refractivity contribution in [2.24, 2.45) is 0 Å². The van der Waals surface area contributed by atoms with E-state index in [9.17, 15) is 14.0 Å². The van der Waals surface area contributed by atoms with Gasteiger partial charge in [-0.1, -0.05) is 25.5 Å². The van der Waals surface area contributed by atoms with Crippen LogP contribution in [0.2, 0.25) is 0 Å². The van der Waals surface area contributed by atoms with Gasteiger partial charge in [-0.05, 0) is 55.7 Å². The van der Waals surface area contributed by atoms with Crippen molar-refractivity contribution >= 4 is 11.9 Å². The molecule has 0 atom stereocenters. The molecule has 32 heavy (non-hydrogen) atoms. The smallest absolute Gasteiger partial charge is 0.344 e. The third kappa shape index (κ3) is 7.76. The predicted molar refractivity (Wildman–Crippen MR) is 116 cm³/mol. The zero-order valence-corrected chi connectivity index (χ0v) is 18.6. The maximum atomic E-state index is 14.5. The van der Waals surface area contributed by atoms with Gasteiger partial charge in [0.2, 0.25) is 0 Å². The lowest BCUT2D eigenvalue weighted by atomic mass is 10.0. The Bertz CT molecular complexity index is 898. The number of carbonyl (C=O) groups is 2. The Morgan fingerprint density at radius 1 is 0.750 bits per heavy atom. The van der Waals surface area contributed by atoms with E-state index >= 15 is 0 Å². The molecule has 0 unspecified atom stereocenters. The third-order valence-electron chi connectivity index (χ3n) is 4.27. The van der Waals surface area contributed by atoms with E-state index in [1.165, 1.54) is 6.07 Å². The van der Waals surface area contributed by atoms with E-state index < -0.39 is 17.8 Å². The van der Waals surface area contributed by atoms with Crippen LogP contribution in [0, 0.1) is 5.82 Å². The van der Waals surface area contributed by atoms with E-state index in [1.807, 2.05) is 6.92 Å². The SMILES string of the molecule is CCCCOc1ccc(-c2ccc(OCC(=O)OCC)c(OCC(=O)OCC)c2)cc1F. The Morgan fingerprint density at radius 3 is 1.88 bits per heavy atom. The topological polar surface area (TPSA) is 80.3 Å². The number of halogens is 1. The summed E-state index contributed by atoms with van der Waals surface area (Å²) >= 11 is 0. The number of esters is 2. The molecule has 0 aliphatic heterocycles. The Balaban J connectivity index is 2.23. The molecule has 7 nitrogen and oxygen atoms in total. The van der Waals surface area contributed by atoms with Crippen LogP contribution in [0.15, 0.2) is 36.4 Å². The average molecular weight is 448 g/mol. The van der Waals surface area contributed by atoms with E-state index in [0.29, 0.717) is 17.7 Å². The van der Waals surface area contributed by atoms with E-state index in [2.05, 4.69) is 0 Å². The molecule has 0 N–H and O–H groups in total. The van der Waals surface area contributed by atoms with Gasteiger partial charge in [0.15, 0.2) is 36.3 Å². The summed E-state index contributed by atoms with van der Waals surface area (Å²) in [6.45, 7) is 5.66. The molecule has 0 bridgehead atoms. The van der Waals surface area contributed by atoms with Gasteiger partial charge in [0.05, 0.1) is 19.8 Å². The molecule has 0 aliphatic rings. The molecule has 0 saturated heterocycles. The summed E-state index contributed by atoms with van der Waals surface area (Å²) in [6.07, 6.45) is 1.80. The van der Waals surface area contributed by atoms with Crippen LogP contribution < -0.4 is 14.2 Å². The van der Waals surface area contributed by atoms with E-state index in [0.717, 1.165) is 12.8 Å². The largest absolute Gasteiger partial charge is 0.491 e. The third-order valence-corrected chi connectivity index (χ3v) is 4.27. The first-order valence-electron chi connectivity index (χ1n) is 10.6. The first-order valence-corrected chi connectivity index (χ1v) is 10.6. The van der Waals surface area contributed by atoms with Crippen LogP contribution in [-0.2, 0) is 19.1 Å². The Morgan fingerprint density at radius 2 is 1.31 bits per heavy atom. The summed E-state index contributed by atoms with van der Waals surface area (Å²) < 4.78 is 40.7. The van der Waals surface area contributed by atoms with Crippen molar-refractivity contribution < 1.29 is 37.7 Å². The van der Waals surface area contributed by atoms with Crippen molar-refractivity contribution in [3.05, 3.63) is 42.2 Å². The number of ether oxygens (including phenoxy) is 5. The molecule has 0 heterocycles. The Labute approximate surface area is 187 Å². The summed E-state index contributed by atoms with van der Waals surface area (Å²) in [6, 6.07) is 9.55. The van der Waals surface area contributed by atoms with Crippen molar-refractivity contribution in [3.63, 3.8) is 0 Å². The minimum Gasteiger partial charge on any atom is -0.491 e. The second kappa shape index (κ2) is 13.2. The zero-order chi connectivity index (χ0) is 23.3. The van der Waals surface area contributed by atoms with Crippen LogP contribution in [0.4, 0.5) is 4.39 Å². The summed E-state index contributed by atoms with van der Waals surface area (Å²) in [5.41, 5.74) is 1.22. The quantitative estimate of drug-likeness (QED) is 0.328. The molecule has 0 aromatic heterocycles.